The van der Waals surface area contributed by atoms with Gasteiger partial charge < -0.3 is 0 Å². The van der Waals surface area contributed by atoms with Crippen LogP contribution in [0.5, 0.6) is 0 Å². The molecule has 23 heavy (non-hydrogen) atoms. The van der Waals surface area contributed by atoms with Gasteiger partial charge in [0.1, 0.15) is 5.92 Å². The molecule has 116 valence electrons. The second kappa shape index (κ2) is 6.20. The fourth-order valence-electron chi connectivity index (χ4n) is 3.14. The zero-order valence-corrected chi connectivity index (χ0v) is 14.6. The summed E-state index contributed by atoms with van der Waals surface area (Å²) in [4.78, 5) is 29.5. The Balaban J connectivity index is 2.02. The minimum atomic E-state index is -0.682. The quantitative estimate of drug-likeness (QED) is 0.589. The van der Waals surface area contributed by atoms with Crippen LogP contribution >= 0.6 is 15.9 Å². The first-order valence-electron chi connectivity index (χ1n) is 7.42. The molecule has 1 atom stereocenters. The number of aromatic nitrogens is 1. The number of aryl methyl sites for hydroxylation is 2. The number of carbonyl (C=O) groups excluding carboxylic acids is 2. The molecule has 4 heteroatoms. The number of rotatable bonds is 2. The molecular formula is C19H16BrNO2. The Morgan fingerprint density at radius 2 is 1.87 bits per heavy atom. The molecule has 1 aromatic carbocycles. The summed E-state index contributed by atoms with van der Waals surface area (Å²) in [6.07, 6.45) is 3.58. The van der Waals surface area contributed by atoms with Crippen molar-refractivity contribution in [2.45, 2.75) is 26.2 Å². The molecule has 1 saturated carbocycles. The molecule has 1 unspecified atom stereocenters. The van der Waals surface area contributed by atoms with E-state index >= 15 is 0 Å². The average Bonchev–Trinajstić information content (AvgIpc) is 2.75. The summed E-state index contributed by atoms with van der Waals surface area (Å²) >= 11 is 3.45. The zero-order chi connectivity index (χ0) is 16.6. The Kier molecular flexibility index (Phi) is 4.26. The molecule has 0 N–H and O–H groups in total. The van der Waals surface area contributed by atoms with Gasteiger partial charge in [-0.25, -0.2) is 0 Å². The summed E-state index contributed by atoms with van der Waals surface area (Å²) in [6, 6.07) is 9.41. The van der Waals surface area contributed by atoms with Gasteiger partial charge in [0.25, 0.3) is 0 Å². The van der Waals surface area contributed by atoms with Crippen molar-refractivity contribution in [2.75, 3.05) is 0 Å². The highest BCUT2D eigenvalue weighted by atomic mass is 79.9. The van der Waals surface area contributed by atoms with E-state index < -0.39 is 5.92 Å². The first-order valence-corrected chi connectivity index (χ1v) is 8.22. The van der Waals surface area contributed by atoms with Crippen molar-refractivity contribution in [1.29, 1.82) is 0 Å². The van der Waals surface area contributed by atoms with Crippen LogP contribution in [-0.2, 0) is 9.59 Å². The van der Waals surface area contributed by atoms with E-state index in [1.54, 1.807) is 12.3 Å². The van der Waals surface area contributed by atoms with E-state index in [0.717, 1.165) is 21.2 Å². The number of pyridine rings is 1. The number of carbonyl (C=O) groups is 2. The fraction of sp³-hybridized carbons (Fsp3) is 0.211. The molecule has 0 spiro atoms. The molecule has 0 radical (unpaired) electrons. The standard InChI is InChI=1S/C19H16BrNO2/c1-11-7-14(20)8-12(2)17(11)18-16(22)10-13(19(18)23)9-15-5-3-4-6-21-15/h3-9,18H,10H2,1-2H3. The van der Waals surface area contributed by atoms with Gasteiger partial charge in [-0.3, -0.25) is 14.6 Å². The Morgan fingerprint density at radius 1 is 1.17 bits per heavy atom. The molecule has 1 aromatic heterocycles. The van der Waals surface area contributed by atoms with E-state index in [4.69, 9.17) is 0 Å². The van der Waals surface area contributed by atoms with Gasteiger partial charge in [-0.05, 0) is 60.9 Å². The number of nitrogens with zero attached hydrogens (tertiary/aromatic N) is 1. The average molecular weight is 370 g/mol. The first-order chi connectivity index (χ1) is 11.0. The van der Waals surface area contributed by atoms with Crippen LogP contribution in [0, 0.1) is 13.8 Å². The summed E-state index contributed by atoms with van der Waals surface area (Å²) in [6.45, 7) is 3.88. The molecule has 1 aliphatic rings. The van der Waals surface area contributed by atoms with Crippen LogP contribution in [0.25, 0.3) is 6.08 Å². The maximum absolute atomic E-state index is 12.8. The van der Waals surface area contributed by atoms with Gasteiger partial charge in [-0.15, -0.1) is 0 Å². The summed E-state index contributed by atoms with van der Waals surface area (Å²) < 4.78 is 0.957. The normalized spacial score (nSPS) is 19.6. The van der Waals surface area contributed by atoms with Gasteiger partial charge in [0.15, 0.2) is 11.6 Å². The summed E-state index contributed by atoms with van der Waals surface area (Å²) in [5.74, 6) is -0.821. The first kappa shape index (κ1) is 15.8. The molecule has 0 bridgehead atoms. The highest BCUT2D eigenvalue weighted by Gasteiger charge is 2.39. The van der Waals surface area contributed by atoms with Crippen molar-refractivity contribution in [3.8, 4) is 0 Å². The lowest BCUT2D eigenvalue weighted by Crippen LogP contribution is -2.15. The number of halogens is 1. The number of Topliss-reactive ketones (excluding diaryl/α,β-unsaturated/α-hetero) is 2. The smallest absolute Gasteiger partial charge is 0.174 e. The SMILES string of the molecule is Cc1cc(Br)cc(C)c1C1C(=O)CC(=Cc2ccccn2)C1=O. The van der Waals surface area contributed by atoms with E-state index in [0.29, 0.717) is 11.3 Å². The predicted molar refractivity (Wildman–Crippen MR) is 93.2 cm³/mol. The molecule has 0 saturated heterocycles. The summed E-state index contributed by atoms with van der Waals surface area (Å²) in [7, 11) is 0. The van der Waals surface area contributed by atoms with Crippen LogP contribution in [0.15, 0.2) is 46.6 Å². The maximum Gasteiger partial charge on any atom is 0.174 e. The number of allylic oxidation sites excluding steroid dienone is 1. The molecular weight excluding hydrogens is 354 g/mol. The molecule has 0 aliphatic heterocycles. The molecule has 2 aromatic rings. The Labute approximate surface area is 143 Å². The third-order valence-corrected chi connectivity index (χ3v) is 4.58. The van der Waals surface area contributed by atoms with Crippen molar-refractivity contribution in [1.82, 2.24) is 4.98 Å². The Morgan fingerprint density at radius 3 is 2.48 bits per heavy atom. The van der Waals surface area contributed by atoms with Crippen LogP contribution in [-0.4, -0.2) is 16.6 Å². The second-order valence-corrected chi connectivity index (χ2v) is 6.73. The lowest BCUT2D eigenvalue weighted by atomic mass is 9.88. The lowest BCUT2D eigenvalue weighted by Gasteiger charge is -2.15. The number of ketones is 2. The number of hydrogen-bond donors (Lipinski definition) is 0. The van der Waals surface area contributed by atoms with Crippen LogP contribution in [0.2, 0.25) is 0 Å². The zero-order valence-electron chi connectivity index (χ0n) is 13.0. The minimum absolute atomic E-state index is 0.0364. The minimum Gasteiger partial charge on any atom is -0.298 e. The number of hydrogen-bond acceptors (Lipinski definition) is 3. The van der Waals surface area contributed by atoms with Gasteiger partial charge in [-0.2, -0.15) is 0 Å². The van der Waals surface area contributed by atoms with E-state index in [2.05, 4.69) is 20.9 Å². The monoisotopic (exact) mass is 369 g/mol. The van der Waals surface area contributed by atoms with Crippen molar-refractivity contribution >= 4 is 33.6 Å². The maximum atomic E-state index is 12.8. The molecule has 3 rings (SSSR count). The van der Waals surface area contributed by atoms with Crippen molar-refractivity contribution in [2.24, 2.45) is 0 Å². The van der Waals surface area contributed by atoms with E-state index in [1.165, 1.54) is 0 Å². The van der Waals surface area contributed by atoms with Gasteiger partial charge in [0, 0.05) is 22.7 Å². The second-order valence-electron chi connectivity index (χ2n) is 5.82. The lowest BCUT2D eigenvalue weighted by molar-refractivity contribution is -0.123. The van der Waals surface area contributed by atoms with E-state index in [9.17, 15) is 9.59 Å². The topological polar surface area (TPSA) is 47.0 Å². The molecule has 3 nitrogen and oxygen atoms in total. The van der Waals surface area contributed by atoms with E-state index in [1.807, 2.05) is 44.2 Å². The van der Waals surface area contributed by atoms with Crippen molar-refractivity contribution in [3.05, 3.63) is 69.0 Å². The molecule has 1 heterocycles. The van der Waals surface area contributed by atoms with Gasteiger partial charge in [0.2, 0.25) is 0 Å². The van der Waals surface area contributed by atoms with Crippen LogP contribution in [0.4, 0.5) is 0 Å². The van der Waals surface area contributed by atoms with Crippen LogP contribution < -0.4 is 0 Å². The molecule has 0 amide bonds. The fourth-order valence-corrected chi connectivity index (χ4v) is 3.83. The highest BCUT2D eigenvalue weighted by Crippen LogP contribution is 2.37. The third-order valence-electron chi connectivity index (χ3n) is 4.12. The summed E-state index contributed by atoms with van der Waals surface area (Å²) in [5, 5.41) is 0. The summed E-state index contributed by atoms with van der Waals surface area (Å²) in [5.41, 5.74) is 4.01. The van der Waals surface area contributed by atoms with Gasteiger partial charge >= 0.3 is 0 Å². The van der Waals surface area contributed by atoms with E-state index in [-0.39, 0.29) is 18.0 Å². The van der Waals surface area contributed by atoms with Gasteiger partial charge in [-0.1, -0.05) is 22.0 Å². The molecule has 1 aliphatic carbocycles. The van der Waals surface area contributed by atoms with Crippen molar-refractivity contribution < 1.29 is 9.59 Å². The Hall–Kier alpha value is -2.07. The van der Waals surface area contributed by atoms with Crippen LogP contribution in [0.1, 0.15) is 34.7 Å². The van der Waals surface area contributed by atoms with Crippen LogP contribution in [0.3, 0.4) is 0 Å². The van der Waals surface area contributed by atoms with Gasteiger partial charge in [0.05, 0.1) is 5.69 Å². The largest absolute Gasteiger partial charge is 0.298 e. The predicted octanol–water partition coefficient (Wildman–Crippen LogP) is 4.17. The highest BCUT2D eigenvalue weighted by molar-refractivity contribution is 9.10. The third kappa shape index (κ3) is 3.04. The van der Waals surface area contributed by atoms with Crippen molar-refractivity contribution in [3.63, 3.8) is 0 Å². The Bertz CT molecular complexity index is 802. The molecule has 1 fully saturated rings. The number of benzene rings is 1.